The monoisotopic (exact) mass is 478 g/mol. The molecule has 7 heteroatoms. The molecule has 0 bridgehead atoms. The van der Waals surface area contributed by atoms with Crippen LogP contribution in [0.4, 0.5) is 0 Å². The molecule has 2 atom stereocenters. The number of benzene rings is 3. The molecule has 1 aliphatic heterocycles. The number of ether oxygens (including phenoxy) is 1. The highest BCUT2D eigenvalue weighted by Crippen LogP contribution is 2.29. The van der Waals surface area contributed by atoms with Crippen molar-refractivity contribution in [2.45, 2.75) is 43.4 Å². The largest absolute Gasteiger partial charge is 0.390 e. The molecular weight excluding hydrogens is 448 g/mol. The molecule has 4 aromatic rings. The van der Waals surface area contributed by atoms with Gasteiger partial charge in [0.1, 0.15) is 0 Å². The Morgan fingerprint density at radius 2 is 1.62 bits per heavy atom. The molecule has 0 saturated carbocycles. The van der Waals surface area contributed by atoms with Gasteiger partial charge in [-0.3, -0.25) is 0 Å². The predicted molar refractivity (Wildman–Crippen MR) is 134 cm³/mol. The Morgan fingerprint density at radius 1 is 1.00 bits per heavy atom. The van der Waals surface area contributed by atoms with E-state index in [0.717, 1.165) is 40.2 Å². The van der Waals surface area contributed by atoms with Crippen LogP contribution in [0.3, 0.4) is 0 Å². The first kappa shape index (κ1) is 23.1. The highest BCUT2D eigenvalue weighted by molar-refractivity contribution is 7.89. The summed E-state index contributed by atoms with van der Waals surface area (Å²) < 4.78 is 36.3. The summed E-state index contributed by atoms with van der Waals surface area (Å²) in [4.78, 5) is 0.236. The van der Waals surface area contributed by atoms with Crippen molar-refractivity contribution in [1.82, 2.24) is 8.87 Å². The van der Waals surface area contributed by atoms with Gasteiger partial charge in [0.2, 0.25) is 10.0 Å². The number of nitrogens with zero attached hydrogens (tertiary/aromatic N) is 2. The zero-order valence-corrected chi connectivity index (χ0v) is 20.1. The molecule has 6 nitrogen and oxygen atoms in total. The zero-order valence-electron chi connectivity index (χ0n) is 19.3. The van der Waals surface area contributed by atoms with Crippen LogP contribution in [0, 0.1) is 6.92 Å². The third kappa shape index (κ3) is 4.49. The van der Waals surface area contributed by atoms with Crippen LogP contribution in [0.1, 0.15) is 18.4 Å². The quantitative estimate of drug-likeness (QED) is 0.409. The average molecular weight is 479 g/mol. The van der Waals surface area contributed by atoms with Gasteiger partial charge in [-0.1, -0.05) is 54.1 Å². The molecule has 1 fully saturated rings. The van der Waals surface area contributed by atoms with Gasteiger partial charge in [-0.15, -0.1) is 0 Å². The average Bonchev–Trinajstić information content (AvgIpc) is 3.46. The molecule has 1 aliphatic rings. The molecule has 1 aromatic heterocycles. The summed E-state index contributed by atoms with van der Waals surface area (Å²) in [5.41, 5.74) is 3.04. The number of rotatable bonds is 8. The van der Waals surface area contributed by atoms with Crippen LogP contribution in [0.25, 0.3) is 21.8 Å². The molecule has 0 radical (unpaired) electrons. The van der Waals surface area contributed by atoms with Gasteiger partial charge in [-0.05, 0) is 44.0 Å². The molecule has 3 aromatic carbocycles. The van der Waals surface area contributed by atoms with Crippen LogP contribution < -0.4 is 0 Å². The van der Waals surface area contributed by atoms with Gasteiger partial charge in [0.15, 0.2) is 0 Å². The SMILES string of the molecule is Cc1ccc(S(=O)(=O)N(C[C@H](O)Cn2c3ccccc3c3ccccc32)C[C@@H]2CCCO2)cc1. The second-order valence-electron chi connectivity index (χ2n) is 9.07. The normalized spacial score (nSPS) is 17.7. The van der Waals surface area contributed by atoms with Crippen molar-refractivity contribution in [1.29, 1.82) is 0 Å². The summed E-state index contributed by atoms with van der Waals surface area (Å²) >= 11 is 0. The molecule has 178 valence electrons. The maximum absolute atomic E-state index is 13.5. The highest BCUT2D eigenvalue weighted by atomic mass is 32.2. The molecule has 1 saturated heterocycles. The lowest BCUT2D eigenvalue weighted by molar-refractivity contribution is 0.0751. The van der Waals surface area contributed by atoms with E-state index in [2.05, 4.69) is 16.7 Å². The molecular formula is C27H30N2O4S. The van der Waals surface area contributed by atoms with E-state index in [1.807, 2.05) is 43.3 Å². The van der Waals surface area contributed by atoms with E-state index in [1.54, 1.807) is 24.3 Å². The first-order valence-electron chi connectivity index (χ1n) is 11.8. The third-order valence-corrected chi connectivity index (χ3v) is 8.42. The fourth-order valence-electron chi connectivity index (χ4n) is 4.85. The Bertz CT molecular complexity index is 1340. The molecule has 0 unspecified atom stereocenters. The summed E-state index contributed by atoms with van der Waals surface area (Å²) in [5.74, 6) is 0. The van der Waals surface area contributed by atoms with Gasteiger partial charge in [0.25, 0.3) is 0 Å². The lowest BCUT2D eigenvalue weighted by Crippen LogP contribution is -2.43. The van der Waals surface area contributed by atoms with E-state index in [9.17, 15) is 13.5 Å². The number of aryl methyl sites for hydroxylation is 1. The maximum atomic E-state index is 13.5. The van der Waals surface area contributed by atoms with Gasteiger partial charge in [-0.2, -0.15) is 4.31 Å². The number of fused-ring (bicyclic) bond motifs is 3. The molecule has 1 N–H and O–H groups in total. The number of aliphatic hydroxyl groups excluding tert-OH is 1. The number of hydrogen-bond donors (Lipinski definition) is 1. The molecule has 0 amide bonds. The summed E-state index contributed by atoms with van der Waals surface area (Å²) in [6.07, 6.45) is 0.706. The Hall–Kier alpha value is -2.71. The second kappa shape index (κ2) is 9.50. The summed E-state index contributed by atoms with van der Waals surface area (Å²) in [6.45, 7) is 3.10. The standard InChI is InChI=1S/C27H30N2O4S/c1-20-12-14-23(15-13-20)34(31,32)28(19-22-7-6-16-33-22)17-21(30)18-29-26-10-4-2-8-24(26)25-9-3-5-11-27(25)29/h2-5,8-15,21-22,30H,6-7,16-19H2,1H3/t21-,22-/m0/s1. The predicted octanol–water partition coefficient (Wildman–Crippen LogP) is 4.33. The van der Waals surface area contributed by atoms with Crippen molar-refractivity contribution in [3.05, 3.63) is 78.4 Å². The van der Waals surface area contributed by atoms with Crippen LogP contribution in [-0.2, 0) is 21.3 Å². The van der Waals surface area contributed by atoms with Crippen molar-refractivity contribution in [2.24, 2.45) is 0 Å². The van der Waals surface area contributed by atoms with Crippen LogP contribution >= 0.6 is 0 Å². The van der Waals surface area contributed by atoms with Crippen molar-refractivity contribution in [3.63, 3.8) is 0 Å². The van der Waals surface area contributed by atoms with Crippen LogP contribution in [0.5, 0.6) is 0 Å². The van der Waals surface area contributed by atoms with E-state index < -0.39 is 16.1 Å². The maximum Gasteiger partial charge on any atom is 0.243 e. The highest BCUT2D eigenvalue weighted by Gasteiger charge is 2.31. The minimum Gasteiger partial charge on any atom is -0.390 e. The Labute approximate surface area is 200 Å². The molecule has 0 aliphatic carbocycles. The lowest BCUT2D eigenvalue weighted by atomic mass is 10.2. The third-order valence-electron chi connectivity index (χ3n) is 6.58. The van der Waals surface area contributed by atoms with E-state index >= 15 is 0 Å². The first-order valence-corrected chi connectivity index (χ1v) is 13.2. The fraction of sp³-hybridized carbons (Fsp3) is 0.333. The Balaban J connectivity index is 1.45. The number of sulfonamides is 1. The van der Waals surface area contributed by atoms with E-state index in [4.69, 9.17) is 4.74 Å². The first-order chi connectivity index (χ1) is 16.4. The van der Waals surface area contributed by atoms with Gasteiger partial charge in [0.05, 0.1) is 23.6 Å². The van der Waals surface area contributed by atoms with E-state index in [-0.39, 0.29) is 24.1 Å². The minimum absolute atomic E-state index is 0.00307. The summed E-state index contributed by atoms with van der Waals surface area (Å²) in [5, 5.41) is 13.4. The molecule has 5 rings (SSSR count). The van der Waals surface area contributed by atoms with Crippen molar-refractivity contribution >= 4 is 31.8 Å². The van der Waals surface area contributed by atoms with Crippen LogP contribution in [0.15, 0.2) is 77.7 Å². The topological polar surface area (TPSA) is 71.8 Å². The number of para-hydroxylation sites is 2. The van der Waals surface area contributed by atoms with Crippen LogP contribution in [-0.4, -0.2) is 54.3 Å². The van der Waals surface area contributed by atoms with Crippen molar-refractivity contribution < 1.29 is 18.3 Å². The lowest BCUT2D eigenvalue weighted by Gasteiger charge is -2.27. The van der Waals surface area contributed by atoms with Crippen molar-refractivity contribution in [3.8, 4) is 0 Å². The second-order valence-corrected chi connectivity index (χ2v) is 11.0. The van der Waals surface area contributed by atoms with E-state index in [0.29, 0.717) is 13.2 Å². The fourth-order valence-corrected chi connectivity index (χ4v) is 6.36. The smallest absolute Gasteiger partial charge is 0.243 e. The van der Waals surface area contributed by atoms with Crippen molar-refractivity contribution in [2.75, 3.05) is 19.7 Å². The minimum atomic E-state index is -3.78. The Morgan fingerprint density at radius 3 is 2.21 bits per heavy atom. The van der Waals surface area contributed by atoms with Gasteiger partial charge in [-0.25, -0.2) is 8.42 Å². The molecule has 2 heterocycles. The zero-order chi connectivity index (χ0) is 23.7. The van der Waals surface area contributed by atoms with Crippen LogP contribution in [0.2, 0.25) is 0 Å². The molecule has 0 spiro atoms. The van der Waals surface area contributed by atoms with Gasteiger partial charge >= 0.3 is 0 Å². The summed E-state index contributed by atoms with van der Waals surface area (Å²) in [6, 6.07) is 23.1. The van der Waals surface area contributed by atoms with E-state index in [1.165, 1.54) is 4.31 Å². The van der Waals surface area contributed by atoms with Gasteiger partial charge in [0, 0.05) is 41.5 Å². The molecule has 34 heavy (non-hydrogen) atoms. The Kier molecular flexibility index (Phi) is 6.44. The number of hydrogen-bond acceptors (Lipinski definition) is 4. The van der Waals surface area contributed by atoms with Gasteiger partial charge < -0.3 is 14.4 Å². The number of aliphatic hydroxyl groups is 1. The number of aromatic nitrogens is 1. The summed E-state index contributed by atoms with van der Waals surface area (Å²) in [7, 11) is -3.78.